The van der Waals surface area contributed by atoms with Crippen molar-refractivity contribution in [2.45, 2.75) is 25.5 Å². The van der Waals surface area contributed by atoms with Crippen molar-refractivity contribution in [3.63, 3.8) is 0 Å². The summed E-state index contributed by atoms with van der Waals surface area (Å²) in [6, 6.07) is 8.03. The Morgan fingerprint density at radius 3 is 2.94 bits per heavy atom. The van der Waals surface area contributed by atoms with Crippen molar-refractivity contribution in [1.82, 2.24) is 9.78 Å². The SMILES string of the molecule is CC(O)(CN)CCn1ncc2ccccc21. The van der Waals surface area contributed by atoms with Crippen LogP contribution in [0.2, 0.25) is 0 Å². The molecule has 0 spiro atoms. The molecule has 86 valence electrons. The first-order valence-electron chi connectivity index (χ1n) is 5.45. The summed E-state index contributed by atoms with van der Waals surface area (Å²) >= 11 is 0. The van der Waals surface area contributed by atoms with Crippen LogP contribution in [0.5, 0.6) is 0 Å². The molecule has 0 fully saturated rings. The molecule has 0 saturated heterocycles. The minimum Gasteiger partial charge on any atom is -0.389 e. The lowest BCUT2D eigenvalue weighted by Gasteiger charge is -2.20. The zero-order valence-corrected chi connectivity index (χ0v) is 9.43. The van der Waals surface area contributed by atoms with Crippen LogP contribution in [-0.2, 0) is 6.54 Å². The van der Waals surface area contributed by atoms with Gasteiger partial charge in [0.15, 0.2) is 0 Å². The molecule has 16 heavy (non-hydrogen) atoms. The smallest absolute Gasteiger partial charge is 0.0759 e. The molecule has 0 radical (unpaired) electrons. The average Bonchev–Trinajstić information content (AvgIpc) is 2.70. The number of rotatable bonds is 4. The highest BCUT2D eigenvalue weighted by atomic mass is 16.3. The van der Waals surface area contributed by atoms with Crippen LogP contribution in [-0.4, -0.2) is 27.0 Å². The molecule has 1 heterocycles. The second-order valence-electron chi connectivity index (χ2n) is 4.38. The molecule has 1 aromatic heterocycles. The van der Waals surface area contributed by atoms with Gasteiger partial charge in [-0.05, 0) is 19.4 Å². The first-order chi connectivity index (χ1) is 7.62. The Labute approximate surface area is 94.7 Å². The maximum absolute atomic E-state index is 9.83. The second kappa shape index (κ2) is 4.23. The highest BCUT2D eigenvalue weighted by Gasteiger charge is 2.18. The predicted octanol–water partition coefficient (Wildman–Crippen LogP) is 1.14. The van der Waals surface area contributed by atoms with Crippen LogP contribution in [0.4, 0.5) is 0 Å². The maximum Gasteiger partial charge on any atom is 0.0759 e. The summed E-state index contributed by atoms with van der Waals surface area (Å²) in [5.41, 5.74) is 5.76. The first kappa shape index (κ1) is 11.1. The molecule has 4 heteroatoms. The zero-order valence-electron chi connectivity index (χ0n) is 9.43. The normalized spacial score (nSPS) is 15.2. The van der Waals surface area contributed by atoms with E-state index in [2.05, 4.69) is 5.10 Å². The van der Waals surface area contributed by atoms with E-state index >= 15 is 0 Å². The topological polar surface area (TPSA) is 64.1 Å². The standard InChI is InChI=1S/C12H17N3O/c1-12(16,9-13)6-7-15-11-5-3-2-4-10(11)8-14-15/h2-5,8,16H,6-7,9,13H2,1H3. The summed E-state index contributed by atoms with van der Waals surface area (Å²) in [4.78, 5) is 0. The number of aliphatic hydroxyl groups is 1. The molecular formula is C12H17N3O. The molecule has 0 bridgehead atoms. The summed E-state index contributed by atoms with van der Waals surface area (Å²) in [6.45, 7) is 2.70. The molecular weight excluding hydrogens is 202 g/mol. The van der Waals surface area contributed by atoms with Gasteiger partial charge in [0.2, 0.25) is 0 Å². The van der Waals surface area contributed by atoms with Crippen molar-refractivity contribution >= 4 is 10.9 Å². The van der Waals surface area contributed by atoms with Gasteiger partial charge in [0, 0.05) is 18.5 Å². The van der Waals surface area contributed by atoms with Gasteiger partial charge < -0.3 is 10.8 Å². The van der Waals surface area contributed by atoms with E-state index in [1.54, 1.807) is 6.92 Å². The van der Waals surface area contributed by atoms with Crippen molar-refractivity contribution in [3.05, 3.63) is 30.5 Å². The minimum atomic E-state index is -0.812. The molecule has 0 aliphatic carbocycles. The van der Waals surface area contributed by atoms with Gasteiger partial charge in [-0.15, -0.1) is 0 Å². The number of fused-ring (bicyclic) bond motifs is 1. The van der Waals surface area contributed by atoms with Gasteiger partial charge in [0.1, 0.15) is 0 Å². The Morgan fingerprint density at radius 2 is 2.19 bits per heavy atom. The monoisotopic (exact) mass is 219 g/mol. The Kier molecular flexibility index (Phi) is 2.94. The van der Waals surface area contributed by atoms with Crippen LogP contribution in [0, 0.1) is 0 Å². The molecule has 4 nitrogen and oxygen atoms in total. The molecule has 1 aromatic carbocycles. The number of nitrogens with two attached hydrogens (primary N) is 1. The van der Waals surface area contributed by atoms with E-state index in [4.69, 9.17) is 5.73 Å². The van der Waals surface area contributed by atoms with Crippen LogP contribution >= 0.6 is 0 Å². The molecule has 0 saturated carbocycles. The fraction of sp³-hybridized carbons (Fsp3) is 0.417. The van der Waals surface area contributed by atoms with Gasteiger partial charge in [-0.3, -0.25) is 4.68 Å². The molecule has 3 N–H and O–H groups in total. The van der Waals surface area contributed by atoms with Crippen molar-refractivity contribution < 1.29 is 5.11 Å². The summed E-state index contributed by atoms with van der Waals surface area (Å²) in [6.07, 6.45) is 2.45. The Hall–Kier alpha value is -1.39. The van der Waals surface area contributed by atoms with Crippen molar-refractivity contribution in [2.24, 2.45) is 5.73 Å². The van der Waals surface area contributed by atoms with Crippen LogP contribution in [0.3, 0.4) is 0 Å². The molecule has 1 atom stereocenters. The van der Waals surface area contributed by atoms with Crippen molar-refractivity contribution in [3.8, 4) is 0 Å². The summed E-state index contributed by atoms with van der Waals surface area (Å²) in [5.74, 6) is 0. The van der Waals surface area contributed by atoms with Gasteiger partial charge in [-0.25, -0.2) is 0 Å². The Morgan fingerprint density at radius 1 is 1.44 bits per heavy atom. The lowest BCUT2D eigenvalue weighted by molar-refractivity contribution is 0.0547. The largest absolute Gasteiger partial charge is 0.389 e. The number of aryl methyl sites for hydroxylation is 1. The number of nitrogens with zero attached hydrogens (tertiary/aromatic N) is 2. The number of hydrogen-bond donors (Lipinski definition) is 2. The third-order valence-electron chi connectivity index (χ3n) is 2.85. The van der Waals surface area contributed by atoms with Gasteiger partial charge >= 0.3 is 0 Å². The maximum atomic E-state index is 9.83. The zero-order chi connectivity index (χ0) is 11.6. The van der Waals surface area contributed by atoms with E-state index in [-0.39, 0.29) is 6.54 Å². The quantitative estimate of drug-likeness (QED) is 0.810. The fourth-order valence-electron chi connectivity index (χ4n) is 1.65. The van der Waals surface area contributed by atoms with E-state index in [9.17, 15) is 5.11 Å². The number of hydrogen-bond acceptors (Lipinski definition) is 3. The van der Waals surface area contributed by atoms with Gasteiger partial charge in [-0.2, -0.15) is 5.10 Å². The number of para-hydroxylation sites is 1. The lowest BCUT2D eigenvalue weighted by Crippen LogP contribution is -2.35. The van der Waals surface area contributed by atoms with Crippen LogP contribution in [0.25, 0.3) is 10.9 Å². The molecule has 2 rings (SSSR count). The molecule has 1 unspecified atom stereocenters. The molecule has 0 aliphatic rings. The molecule has 0 amide bonds. The molecule has 0 aliphatic heterocycles. The minimum absolute atomic E-state index is 0.270. The van der Waals surface area contributed by atoms with E-state index in [0.29, 0.717) is 13.0 Å². The van der Waals surface area contributed by atoms with E-state index in [1.807, 2.05) is 35.1 Å². The summed E-state index contributed by atoms with van der Waals surface area (Å²) in [5, 5.41) is 15.2. The van der Waals surface area contributed by atoms with Gasteiger partial charge in [-0.1, -0.05) is 18.2 Å². The average molecular weight is 219 g/mol. The fourth-order valence-corrected chi connectivity index (χ4v) is 1.65. The highest BCUT2D eigenvalue weighted by molar-refractivity contribution is 5.78. The lowest BCUT2D eigenvalue weighted by atomic mass is 10.0. The summed E-state index contributed by atoms with van der Waals surface area (Å²) in [7, 11) is 0. The van der Waals surface area contributed by atoms with Gasteiger partial charge in [0.25, 0.3) is 0 Å². The van der Waals surface area contributed by atoms with E-state index in [1.165, 1.54) is 0 Å². The first-order valence-corrected chi connectivity index (χ1v) is 5.45. The Balaban J connectivity index is 2.16. The highest BCUT2D eigenvalue weighted by Crippen LogP contribution is 2.15. The van der Waals surface area contributed by atoms with Crippen molar-refractivity contribution in [2.75, 3.05) is 6.54 Å². The second-order valence-corrected chi connectivity index (χ2v) is 4.38. The third kappa shape index (κ3) is 2.23. The predicted molar refractivity (Wildman–Crippen MR) is 64.0 cm³/mol. The summed E-state index contributed by atoms with van der Waals surface area (Å²) < 4.78 is 1.90. The number of aromatic nitrogens is 2. The van der Waals surface area contributed by atoms with Crippen molar-refractivity contribution in [1.29, 1.82) is 0 Å². The van der Waals surface area contributed by atoms with Crippen LogP contribution in [0.1, 0.15) is 13.3 Å². The van der Waals surface area contributed by atoms with Crippen LogP contribution < -0.4 is 5.73 Å². The number of benzene rings is 1. The molecule has 2 aromatic rings. The van der Waals surface area contributed by atoms with E-state index < -0.39 is 5.60 Å². The van der Waals surface area contributed by atoms with Crippen LogP contribution in [0.15, 0.2) is 30.5 Å². The third-order valence-corrected chi connectivity index (χ3v) is 2.85. The van der Waals surface area contributed by atoms with E-state index in [0.717, 1.165) is 10.9 Å². The van der Waals surface area contributed by atoms with Gasteiger partial charge in [0.05, 0.1) is 17.3 Å². The Bertz CT molecular complexity index is 476.